The van der Waals surface area contributed by atoms with E-state index in [1.165, 1.54) is 4.88 Å². The monoisotopic (exact) mass is 328 g/mol. The maximum absolute atomic E-state index is 6.10. The summed E-state index contributed by atoms with van der Waals surface area (Å²) in [5.74, 6) is 0. The predicted molar refractivity (Wildman–Crippen MR) is 87.9 cm³/mol. The fourth-order valence-corrected chi connectivity index (χ4v) is 3.22. The summed E-state index contributed by atoms with van der Waals surface area (Å²) in [7, 11) is 0. The van der Waals surface area contributed by atoms with E-state index in [9.17, 15) is 0 Å². The van der Waals surface area contributed by atoms with Crippen molar-refractivity contribution in [2.24, 2.45) is 0 Å². The van der Waals surface area contributed by atoms with Crippen molar-refractivity contribution in [1.29, 1.82) is 0 Å². The summed E-state index contributed by atoms with van der Waals surface area (Å²) < 4.78 is 0. The van der Waals surface area contributed by atoms with Crippen LogP contribution in [0.4, 0.5) is 0 Å². The highest BCUT2D eigenvalue weighted by Gasteiger charge is 2.16. The van der Waals surface area contributed by atoms with Crippen molar-refractivity contribution in [2.45, 2.75) is 39.3 Å². The second kappa shape index (κ2) is 6.90. The van der Waals surface area contributed by atoms with Crippen LogP contribution in [-0.4, -0.2) is 4.98 Å². The van der Waals surface area contributed by atoms with E-state index in [1.807, 2.05) is 24.4 Å². The Kier molecular flexibility index (Phi) is 5.44. The number of benzene rings is 1. The molecule has 0 aliphatic carbocycles. The highest BCUT2D eigenvalue weighted by Crippen LogP contribution is 2.29. The number of aryl methyl sites for hydroxylation is 1. The first-order valence-electron chi connectivity index (χ1n) is 6.64. The maximum Gasteiger partial charge on any atom is 0.109 e. The fourth-order valence-electron chi connectivity index (χ4n) is 2.12. The molecule has 0 amide bonds. The number of hydrogen-bond donors (Lipinski definition) is 1. The van der Waals surface area contributed by atoms with Crippen LogP contribution >= 0.6 is 34.5 Å². The molecule has 2 unspecified atom stereocenters. The second-order valence-corrected chi connectivity index (χ2v) is 6.91. The normalized spacial score (nSPS) is 14.2. The lowest BCUT2D eigenvalue weighted by Gasteiger charge is -2.22. The third kappa shape index (κ3) is 3.73. The molecule has 0 spiro atoms. The van der Waals surface area contributed by atoms with Crippen LogP contribution in [0.1, 0.15) is 47.8 Å². The molecule has 1 N–H and O–H groups in total. The summed E-state index contributed by atoms with van der Waals surface area (Å²) in [4.78, 5) is 5.67. The first-order chi connectivity index (χ1) is 9.51. The van der Waals surface area contributed by atoms with Gasteiger partial charge in [-0.1, -0.05) is 36.2 Å². The van der Waals surface area contributed by atoms with Crippen LogP contribution in [0.25, 0.3) is 0 Å². The maximum atomic E-state index is 6.10. The average Bonchev–Trinajstić information content (AvgIpc) is 2.86. The quantitative estimate of drug-likeness (QED) is 0.777. The molecule has 0 bridgehead atoms. The summed E-state index contributed by atoms with van der Waals surface area (Å²) in [6.45, 7) is 6.36. The van der Waals surface area contributed by atoms with Crippen LogP contribution in [0.15, 0.2) is 24.4 Å². The van der Waals surface area contributed by atoms with Crippen LogP contribution < -0.4 is 5.32 Å². The molecule has 2 atom stereocenters. The standard InChI is InChI=1S/C15H18Cl2N2S/c1-4-14(11-5-6-12(16)13(17)7-11)19-10(3)15-18-8-9(2)20-15/h5-8,10,14,19H,4H2,1-3H3. The third-order valence-electron chi connectivity index (χ3n) is 3.22. The van der Waals surface area contributed by atoms with Gasteiger partial charge in [-0.2, -0.15) is 0 Å². The number of halogens is 2. The molecular weight excluding hydrogens is 311 g/mol. The largest absolute Gasteiger partial charge is 0.301 e. The van der Waals surface area contributed by atoms with Gasteiger partial charge in [-0.3, -0.25) is 0 Å². The lowest BCUT2D eigenvalue weighted by atomic mass is 10.0. The summed E-state index contributed by atoms with van der Waals surface area (Å²) in [6, 6.07) is 6.26. The summed E-state index contributed by atoms with van der Waals surface area (Å²) in [5, 5.41) is 5.91. The highest BCUT2D eigenvalue weighted by atomic mass is 35.5. The van der Waals surface area contributed by atoms with Crippen LogP contribution in [0.3, 0.4) is 0 Å². The van der Waals surface area contributed by atoms with Crippen molar-refractivity contribution in [3.05, 3.63) is 49.9 Å². The van der Waals surface area contributed by atoms with Crippen molar-refractivity contribution in [1.82, 2.24) is 10.3 Å². The SMILES string of the molecule is CCC(NC(C)c1ncc(C)s1)c1ccc(Cl)c(Cl)c1. The van der Waals surface area contributed by atoms with Gasteiger partial charge in [0.05, 0.1) is 16.1 Å². The van der Waals surface area contributed by atoms with Gasteiger partial charge in [0.25, 0.3) is 0 Å². The minimum Gasteiger partial charge on any atom is -0.301 e. The first kappa shape index (κ1) is 15.8. The predicted octanol–water partition coefficient (Wildman–Crippen LogP) is 5.56. The van der Waals surface area contributed by atoms with Crippen LogP contribution in [0, 0.1) is 6.92 Å². The van der Waals surface area contributed by atoms with E-state index in [2.05, 4.69) is 31.1 Å². The van der Waals surface area contributed by atoms with Crippen molar-refractivity contribution < 1.29 is 0 Å². The van der Waals surface area contributed by atoms with Crippen molar-refractivity contribution in [3.8, 4) is 0 Å². The Balaban J connectivity index is 2.14. The smallest absolute Gasteiger partial charge is 0.109 e. The zero-order chi connectivity index (χ0) is 14.7. The lowest BCUT2D eigenvalue weighted by molar-refractivity contribution is 0.455. The van der Waals surface area contributed by atoms with Crippen LogP contribution in [0.5, 0.6) is 0 Å². The van der Waals surface area contributed by atoms with Crippen LogP contribution in [-0.2, 0) is 0 Å². The first-order valence-corrected chi connectivity index (χ1v) is 8.21. The molecule has 1 heterocycles. The number of hydrogen-bond acceptors (Lipinski definition) is 3. The molecule has 20 heavy (non-hydrogen) atoms. The van der Waals surface area contributed by atoms with E-state index in [4.69, 9.17) is 23.2 Å². The summed E-state index contributed by atoms with van der Waals surface area (Å²) in [6.07, 6.45) is 2.89. The Morgan fingerprint density at radius 2 is 2.05 bits per heavy atom. The van der Waals surface area contributed by atoms with E-state index >= 15 is 0 Å². The average molecular weight is 329 g/mol. The molecule has 1 aromatic carbocycles. The molecule has 0 saturated carbocycles. The second-order valence-electron chi connectivity index (χ2n) is 4.83. The lowest BCUT2D eigenvalue weighted by Crippen LogP contribution is -2.24. The zero-order valence-electron chi connectivity index (χ0n) is 11.8. The van der Waals surface area contributed by atoms with Gasteiger partial charge in [-0.15, -0.1) is 11.3 Å². The third-order valence-corrected chi connectivity index (χ3v) is 5.05. The summed E-state index contributed by atoms with van der Waals surface area (Å²) in [5.41, 5.74) is 1.15. The van der Waals surface area contributed by atoms with E-state index in [0.717, 1.165) is 17.0 Å². The molecule has 1 aromatic heterocycles. The number of nitrogens with one attached hydrogen (secondary N) is 1. The van der Waals surface area contributed by atoms with Gasteiger partial charge in [0, 0.05) is 17.1 Å². The molecule has 2 rings (SSSR count). The van der Waals surface area contributed by atoms with Gasteiger partial charge in [-0.25, -0.2) is 4.98 Å². The molecule has 0 aliphatic rings. The Labute approximate surface area is 134 Å². The minimum absolute atomic E-state index is 0.216. The Morgan fingerprint density at radius 1 is 1.30 bits per heavy atom. The van der Waals surface area contributed by atoms with Crippen molar-refractivity contribution in [3.63, 3.8) is 0 Å². The van der Waals surface area contributed by atoms with Gasteiger partial charge in [0.2, 0.25) is 0 Å². The van der Waals surface area contributed by atoms with Crippen molar-refractivity contribution in [2.75, 3.05) is 0 Å². The van der Waals surface area contributed by atoms with E-state index < -0.39 is 0 Å². The van der Waals surface area contributed by atoms with Gasteiger partial charge in [0.1, 0.15) is 5.01 Å². The van der Waals surface area contributed by atoms with Gasteiger partial charge in [0.15, 0.2) is 0 Å². The van der Waals surface area contributed by atoms with Gasteiger partial charge in [-0.05, 0) is 38.0 Å². The number of rotatable bonds is 5. The molecule has 2 aromatic rings. The Hall–Kier alpha value is -0.610. The molecule has 0 saturated heterocycles. The molecular formula is C15H18Cl2N2S. The van der Waals surface area contributed by atoms with Crippen molar-refractivity contribution >= 4 is 34.5 Å². The highest BCUT2D eigenvalue weighted by molar-refractivity contribution is 7.11. The molecule has 0 aliphatic heterocycles. The molecule has 0 fully saturated rings. The Morgan fingerprint density at radius 3 is 2.60 bits per heavy atom. The van der Waals surface area contributed by atoms with Gasteiger partial charge < -0.3 is 5.32 Å². The van der Waals surface area contributed by atoms with E-state index in [1.54, 1.807) is 11.3 Å². The number of thiazole rings is 1. The van der Waals surface area contributed by atoms with E-state index in [0.29, 0.717) is 10.0 Å². The molecule has 0 radical (unpaired) electrons. The van der Waals surface area contributed by atoms with Crippen LogP contribution in [0.2, 0.25) is 10.0 Å². The zero-order valence-corrected chi connectivity index (χ0v) is 14.1. The van der Waals surface area contributed by atoms with E-state index in [-0.39, 0.29) is 12.1 Å². The minimum atomic E-state index is 0.216. The Bertz CT molecular complexity index is 583. The fraction of sp³-hybridized carbons (Fsp3) is 0.400. The summed E-state index contributed by atoms with van der Waals surface area (Å²) >= 11 is 13.8. The molecule has 108 valence electrons. The molecule has 2 nitrogen and oxygen atoms in total. The number of aromatic nitrogens is 1. The number of nitrogens with zero attached hydrogens (tertiary/aromatic N) is 1. The topological polar surface area (TPSA) is 24.9 Å². The molecule has 5 heteroatoms. The van der Waals surface area contributed by atoms with Gasteiger partial charge >= 0.3 is 0 Å².